The lowest BCUT2D eigenvalue weighted by Crippen LogP contribution is -2.26. The second-order valence-corrected chi connectivity index (χ2v) is 3.98. The number of carbonyl (C=O) groups is 2. The van der Waals surface area contributed by atoms with Crippen LogP contribution in [0, 0.1) is 4.77 Å². The molecule has 0 radical (unpaired) electrons. The number of imidazole rings is 1. The Labute approximate surface area is 107 Å². The van der Waals surface area contributed by atoms with Gasteiger partial charge in [-0.15, -0.1) is 0 Å². The number of fused-ring (bicyclic) bond motifs is 1. The van der Waals surface area contributed by atoms with Gasteiger partial charge in [0, 0.05) is 6.20 Å². The van der Waals surface area contributed by atoms with Gasteiger partial charge in [0.15, 0.2) is 4.77 Å². The first-order valence-corrected chi connectivity index (χ1v) is 5.42. The third-order valence-electron chi connectivity index (χ3n) is 2.41. The molecule has 7 heteroatoms. The number of nitrogens with zero attached hydrogens (tertiary/aromatic N) is 1. The quantitative estimate of drug-likeness (QED) is 0.324. The van der Waals surface area contributed by atoms with Crippen LogP contribution in [-0.2, 0) is 9.59 Å². The summed E-state index contributed by atoms with van der Waals surface area (Å²) in [7, 11) is 0. The van der Waals surface area contributed by atoms with Crippen LogP contribution in [0.5, 0.6) is 0 Å². The molecule has 0 saturated carbocycles. The van der Waals surface area contributed by atoms with Gasteiger partial charge in [0.25, 0.3) is 11.8 Å². The van der Waals surface area contributed by atoms with Crippen molar-refractivity contribution in [2.75, 3.05) is 0 Å². The van der Waals surface area contributed by atoms with Crippen molar-refractivity contribution >= 4 is 41.3 Å². The maximum atomic E-state index is 11.1. The van der Waals surface area contributed by atoms with E-state index in [2.05, 4.69) is 4.98 Å². The molecule has 0 fully saturated rings. The molecule has 1 aromatic carbocycles. The molecular weight excluding hydrogens is 252 g/mol. The zero-order valence-electron chi connectivity index (χ0n) is 9.21. The highest BCUT2D eigenvalue weighted by molar-refractivity contribution is 7.71. The monoisotopic (exact) mass is 262 g/mol. The molecule has 0 atom stereocenters. The first kappa shape index (κ1) is 12.1. The minimum Gasteiger partial charge on any atom is -0.365 e. The average molecular weight is 262 g/mol. The number of carbonyl (C=O) groups excluding carboxylic acids is 2. The van der Waals surface area contributed by atoms with Crippen molar-refractivity contribution in [2.45, 2.75) is 0 Å². The molecule has 0 bridgehead atoms. The fourth-order valence-electron chi connectivity index (χ4n) is 1.58. The number of para-hydroxylation sites is 2. The van der Waals surface area contributed by atoms with E-state index in [-0.39, 0.29) is 5.57 Å². The van der Waals surface area contributed by atoms with Gasteiger partial charge in [0.05, 0.1) is 11.0 Å². The SMILES string of the molecule is NC(=O)C(=Cn1c(=S)[nH]c2ccccc21)C(N)=O. The molecule has 0 aliphatic heterocycles. The molecule has 0 aliphatic rings. The fourth-order valence-corrected chi connectivity index (χ4v) is 1.84. The Balaban J connectivity index is 2.72. The minimum absolute atomic E-state index is 0.309. The predicted molar refractivity (Wildman–Crippen MR) is 69.8 cm³/mol. The molecule has 0 aliphatic carbocycles. The van der Waals surface area contributed by atoms with E-state index in [1.54, 1.807) is 6.07 Å². The lowest BCUT2D eigenvalue weighted by Gasteiger charge is -2.00. The summed E-state index contributed by atoms with van der Waals surface area (Å²) < 4.78 is 1.83. The van der Waals surface area contributed by atoms with Gasteiger partial charge in [-0.05, 0) is 24.4 Å². The summed E-state index contributed by atoms with van der Waals surface area (Å²) in [5.74, 6) is -1.79. The van der Waals surface area contributed by atoms with E-state index in [4.69, 9.17) is 23.7 Å². The Morgan fingerprint density at radius 3 is 2.44 bits per heavy atom. The van der Waals surface area contributed by atoms with E-state index >= 15 is 0 Å². The van der Waals surface area contributed by atoms with Gasteiger partial charge in [-0.2, -0.15) is 0 Å². The summed E-state index contributed by atoms with van der Waals surface area (Å²) in [5, 5.41) is 0. The van der Waals surface area contributed by atoms with Crippen molar-refractivity contribution < 1.29 is 9.59 Å². The number of primary amides is 2. The van der Waals surface area contributed by atoms with Crippen LogP contribution >= 0.6 is 12.2 Å². The molecule has 18 heavy (non-hydrogen) atoms. The van der Waals surface area contributed by atoms with Crippen molar-refractivity contribution in [1.82, 2.24) is 9.55 Å². The second kappa shape index (κ2) is 4.46. The van der Waals surface area contributed by atoms with Crippen molar-refractivity contribution in [3.63, 3.8) is 0 Å². The first-order valence-electron chi connectivity index (χ1n) is 5.01. The Bertz CT molecular complexity index is 710. The second-order valence-electron chi connectivity index (χ2n) is 3.59. The van der Waals surface area contributed by atoms with Gasteiger partial charge < -0.3 is 16.5 Å². The summed E-state index contributed by atoms with van der Waals surface area (Å²) in [6, 6.07) is 7.26. The number of nitrogens with two attached hydrogens (primary N) is 2. The van der Waals surface area contributed by atoms with Crippen molar-refractivity contribution in [1.29, 1.82) is 0 Å². The highest BCUT2D eigenvalue weighted by Crippen LogP contribution is 2.14. The van der Waals surface area contributed by atoms with Crippen LogP contribution in [0.25, 0.3) is 17.2 Å². The van der Waals surface area contributed by atoms with Gasteiger partial charge in [0.1, 0.15) is 5.57 Å². The van der Waals surface area contributed by atoms with Crippen LogP contribution in [0.1, 0.15) is 0 Å². The molecule has 6 nitrogen and oxygen atoms in total. The summed E-state index contributed by atoms with van der Waals surface area (Å²) >= 11 is 5.10. The number of amides is 2. The number of benzene rings is 1. The molecule has 5 N–H and O–H groups in total. The van der Waals surface area contributed by atoms with Gasteiger partial charge in [-0.3, -0.25) is 14.2 Å². The topological polar surface area (TPSA) is 107 Å². The van der Waals surface area contributed by atoms with E-state index < -0.39 is 11.8 Å². The van der Waals surface area contributed by atoms with Crippen LogP contribution in [-0.4, -0.2) is 21.4 Å². The maximum Gasteiger partial charge on any atom is 0.255 e. The summed E-state index contributed by atoms with van der Waals surface area (Å²) in [5.41, 5.74) is 11.4. The Hall–Kier alpha value is -2.41. The van der Waals surface area contributed by atoms with Crippen molar-refractivity contribution in [2.24, 2.45) is 11.5 Å². The first-order chi connectivity index (χ1) is 8.50. The smallest absolute Gasteiger partial charge is 0.255 e. The lowest BCUT2D eigenvalue weighted by atomic mass is 10.2. The molecule has 0 spiro atoms. The predicted octanol–water partition coefficient (Wildman–Crippen LogP) is 0.510. The summed E-state index contributed by atoms with van der Waals surface area (Å²) in [4.78, 5) is 25.2. The standard InChI is InChI=1S/C11H10N4O2S/c12-9(16)6(10(13)17)5-15-8-4-2-1-3-7(8)14-11(15)18/h1-5H,(H2,12,16)(H2,13,17)(H,14,18). The largest absolute Gasteiger partial charge is 0.365 e. The van der Waals surface area contributed by atoms with Gasteiger partial charge >= 0.3 is 0 Å². The highest BCUT2D eigenvalue weighted by atomic mass is 32.1. The molecule has 2 rings (SSSR count). The third kappa shape index (κ3) is 2.03. The van der Waals surface area contributed by atoms with Gasteiger partial charge in [-0.1, -0.05) is 12.1 Å². The van der Waals surface area contributed by atoms with E-state index in [0.29, 0.717) is 4.77 Å². The van der Waals surface area contributed by atoms with E-state index in [1.165, 1.54) is 10.8 Å². The van der Waals surface area contributed by atoms with Crippen LogP contribution in [0.3, 0.4) is 0 Å². The number of H-pyrrole nitrogens is 1. The van der Waals surface area contributed by atoms with Crippen LogP contribution in [0.4, 0.5) is 0 Å². The third-order valence-corrected chi connectivity index (χ3v) is 2.71. The Morgan fingerprint density at radius 2 is 1.83 bits per heavy atom. The normalized spacial score (nSPS) is 10.2. The fraction of sp³-hybridized carbons (Fsp3) is 0. The molecule has 1 aromatic heterocycles. The molecule has 92 valence electrons. The minimum atomic E-state index is -0.894. The molecule has 2 aromatic rings. The maximum absolute atomic E-state index is 11.1. The van der Waals surface area contributed by atoms with E-state index in [0.717, 1.165) is 11.0 Å². The summed E-state index contributed by atoms with van der Waals surface area (Å²) in [6.07, 6.45) is 1.24. The van der Waals surface area contributed by atoms with Gasteiger partial charge in [0.2, 0.25) is 0 Å². The Kier molecular flexibility index (Phi) is 2.99. The molecule has 2 amide bonds. The van der Waals surface area contributed by atoms with Crippen molar-refractivity contribution in [3.05, 3.63) is 34.6 Å². The molecule has 1 heterocycles. The average Bonchev–Trinajstić information content (AvgIpc) is 2.61. The number of aromatic amines is 1. The zero-order valence-corrected chi connectivity index (χ0v) is 10.0. The number of hydrogen-bond donors (Lipinski definition) is 3. The molecular formula is C11H10N4O2S. The van der Waals surface area contributed by atoms with Gasteiger partial charge in [-0.25, -0.2) is 0 Å². The number of nitrogens with one attached hydrogen (secondary N) is 1. The van der Waals surface area contributed by atoms with Crippen LogP contribution in [0.15, 0.2) is 29.8 Å². The lowest BCUT2D eigenvalue weighted by molar-refractivity contribution is -0.120. The zero-order chi connectivity index (χ0) is 13.3. The summed E-state index contributed by atoms with van der Waals surface area (Å²) in [6.45, 7) is 0. The number of aromatic nitrogens is 2. The van der Waals surface area contributed by atoms with Crippen LogP contribution < -0.4 is 11.5 Å². The molecule has 0 unspecified atom stereocenters. The van der Waals surface area contributed by atoms with E-state index in [9.17, 15) is 9.59 Å². The van der Waals surface area contributed by atoms with Crippen molar-refractivity contribution in [3.8, 4) is 0 Å². The van der Waals surface area contributed by atoms with Crippen LogP contribution in [0.2, 0.25) is 0 Å². The Morgan fingerprint density at radius 1 is 1.22 bits per heavy atom. The number of rotatable bonds is 3. The van der Waals surface area contributed by atoms with E-state index in [1.807, 2.05) is 18.2 Å². The highest BCUT2D eigenvalue weighted by Gasteiger charge is 2.13. The number of hydrogen-bond acceptors (Lipinski definition) is 3. The molecule has 0 saturated heterocycles.